The predicted molar refractivity (Wildman–Crippen MR) is 133 cm³/mol. The van der Waals surface area contributed by atoms with Crippen molar-refractivity contribution in [3.63, 3.8) is 0 Å². The number of carbonyl (C=O) groups excluding carboxylic acids is 1. The average molecular weight is 505 g/mol. The van der Waals surface area contributed by atoms with Crippen LogP contribution in [0.4, 0.5) is 8.78 Å². The van der Waals surface area contributed by atoms with E-state index in [1.807, 2.05) is 44.4 Å². The molecule has 0 aliphatic carbocycles. The van der Waals surface area contributed by atoms with Crippen LogP contribution in [0.1, 0.15) is 28.9 Å². The number of piperidine rings is 1. The van der Waals surface area contributed by atoms with E-state index in [0.29, 0.717) is 36.4 Å². The van der Waals surface area contributed by atoms with Gasteiger partial charge in [0.05, 0.1) is 17.6 Å². The first-order chi connectivity index (χ1) is 17.8. The van der Waals surface area contributed by atoms with Gasteiger partial charge in [0.25, 0.3) is 11.8 Å². The van der Waals surface area contributed by atoms with Crippen molar-refractivity contribution >= 4 is 5.91 Å². The highest BCUT2D eigenvalue weighted by Gasteiger charge is 2.29. The molecule has 1 aliphatic heterocycles. The van der Waals surface area contributed by atoms with E-state index in [1.165, 1.54) is 11.1 Å². The van der Waals surface area contributed by atoms with Crippen LogP contribution < -0.4 is 0 Å². The lowest BCUT2D eigenvalue weighted by Gasteiger charge is -2.35. The number of hydrogen-bond acceptors (Lipinski definition) is 7. The Morgan fingerprint density at radius 1 is 1.00 bits per heavy atom. The lowest BCUT2D eigenvalue weighted by Crippen LogP contribution is -2.44. The highest BCUT2D eigenvalue weighted by Crippen LogP contribution is 2.29. The summed E-state index contributed by atoms with van der Waals surface area (Å²) in [5, 5.41) is 8.15. The fourth-order valence-corrected chi connectivity index (χ4v) is 4.48. The minimum atomic E-state index is -0.942. The SMILES string of the molecule is Cc1ncc(-c2cc(F)c(C(=O)N3CCC(N(C)C)CC3)c(F)c2)nc1-c1nnc(-c2ccccc2)o1. The van der Waals surface area contributed by atoms with Crippen LogP contribution in [0.5, 0.6) is 0 Å². The minimum absolute atomic E-state index is 0.138. The van der Waals surface area contributed by atoms with Gasteiger partial charge in [-0.2, -0.15) is 0 Å². The van der Waals surface area contributed by atoms with E-state index in [4.69, 9.17) is 4.42 Å². The summed E-state index contributed by atoms with van der Waals surface area (Å²) in [7, 11) is 3.97. The van der Waals surface area contributed by atoms with Crippen LogP contribution in [-0.4, -0.2) is 69.1 Å². The van der Waals surface area contributed by atoms with Crippen molar-refractivity contribution in [2.45, 2.75) is 25.8 Å². The van der Waals surface area contributed by atoms with Crippen molar-refractivity contribution in [1.29, 1.82) is 0 Å². The maximum atomic E-state index is 15.1. The van der Waals surface area contributed by atoms with Gasteiger partial charge in [-0.15, -0.1) is 10.2 Å². The third-order valence-electron chi connectivity index (χ3n) is 6.64. The molecule has 1 saturated heterocycles. The number of rotatable bonds is 5. The molecule has 0 unspecified atom stereocenters. The molecular formula is C27H26F2N6O2. The Labute approximate surface area is 213 Å². The second-order valence-electron chi connectivity index (χ2n) is 9.27. The number of amides is 1. The second kappa shape index (κ2) is 10.1. The van der Waals surface area contributed by atoms with Crippen LogP contribution >= 0.6 is 0 Å². The molecule has 3 heterocycles. The number of carbonyl (C=O) groups is 1. The number of aryl methyl sites for hydroxylation is 1. The molecule has 1 fully saturated rings. The van der Waals surface area contributed by atoms with Gasteiger partial charge in [-0.25, -0.2) is 13.8 Å². The molecule has 0 radical (unpaired) electrons. The maximum absolute atomic E-state index is 15.1. The van der Waals surface area contributed by atoms with E-state index in [9.17, 15) is 4.79 Å². The van der Waals surface area contributed by atoms with Gasteiger partial charge in [-0.1, -0.05) is 18.2 Å². The molecule has 0 N–H and O–H groups in total. The lowest BCUT2D eigenvalue weighted by atomic mass is 10.0. The summed E-state index contributed by atoms with van der Waals surface area (Å²) in [5.74, 6) is -2.07. The van der Waals surface area contributed by atoms with E-state index < -0.39 is 23.1 Å². The summed E-state index contributed by atoms with van der Waals surface area (Å²) in [6.45, 7) is 2.62. The first-order valence-electron chi connectivity index (χ1n) is 12.0. The molecule has 8 nitrogen and oxygen atoms in total. The topological polar surface area (TPSA) is 88.3 Å². The fourth-order valence-electron chi connectivity index (χ4n) is 4.48. The second-order valence-corrected chi connectivity index (χ2v) is 9.27. The van der Waals surface area contributed by atoms with Crippen LogP contribution in [0, 0.1) is 18.6 Å². The van der Waals surface area contributed by atoms with Gasteiger partial charge in [-0.3, -0.25) is 9.78 Å². The number of halogens is 2. The molecule has 0 spiro atoms. The summed E-state index contributed by atoms with van der Waals surface area (Å²) in [4.78, 5) is 25.4. The zero-order chi connectivity index (χ0) is 26.1. The molecule has 5 rings (SSSR count). The van der Waals surface area contributed by atoms with Crippen LogP contribution in [-0.2, 0) is 0 Å². The minimum Gasteiger partial charge on any atom is -0.415 e. The van der Waals surface area contributed by atoms with Crippen molar-refractivity contribution in [2.24, 2.45) is 0 Å². The maximum Gasteiger partial charge on any atom is 0.268 e. The van der Waals surface area contributed by atoms with E-state index >= 15 is 8.78 Å². The highest BCUT2D eigenvalue weighted by atomic mass is 19.1. The van der Waals surface area contributed by atoms with Gasteiger partial charge >= 0.3 is 0 Å². The van der Waals surface area contributed by atoms with E-state index in [-0.39, 0.29) is 17.1 Å². The van der Waals surface area contributed by atoms with E-state index in [0.717, 1.165) is 30.5 Å². The smallest absolute Gasteiger partial charge is 0.268 e. The third-order valence-corrected chi connectivity index (χ3v) is 6.64. The van der Waals surface area contributed by atoms with Crippen LogP contribution in [0.2, 0.25) is 0 Å². The highest BCUT2D eigenvalue weighted by molar-refractivity contribution is 5.95. The van der Waals surface area contributed by atoms with E-state index in [1.54, 1.807) is 6.92 Å². The lowest BCUT2D eigenvalue weighted by molar-refractivity contribution is 0.0653. The molecule has 37 heavy (non-hydrogen) atoms. The zero-order valence-electron chi connectivity index (χ0n) is 20.8. The Kier molecular flexibility index (Phi) is 6.75. The Balaban J connectivity index is 1.41. The molecule has 1 amide bonds. The normalized spacial score (nSPS) is 14.4. The van der Waals surface area contributed by atoms with Gasteiger partial charge < -0.3 is 14.2 Å². The zero-order valence-corrected chi connectivity index (χ0v) is 20.8. The Morgan fingerprint density at radius 2 is 1.65 bits per heavy atom. The molecule has 2 aromatic heterocycles. The quantitative estimate of drug-likeness (QED) is 0.392. The summed E-state index contributed by atoms with van der Waals surface area (Å²) in [5.41, 5.74) is 1.37. The van der Waals surface area contributed by atoms with Crippen molar-refractivity contribution in [1.82, 2.24) is 30.0 Å². The molecule has 0 saturated carbocycles. The van der Waals surface area contributed by atoms with Crippen LogP contribution in [0.25, 0.3) is 34.3 Å². The van der Waals surface area contributed by atoms with Crippen molar-refractivity contribution in [2.75, 3.05) is 27.2 Å². The Bertz CT molecular complexity index is 1410. The number of nitrogens with zero attached hydrogens (tertiary/aromatic N) is 6. The van der Waals surface area contributed by atoms with Crippen molar-refractivity contribution in [3.8, 4) is 34.3 Å². The number of hydrogen-bond donors (Lipinski definition) is 0. The van der Waals surface area contributed by atoms with Gasteiger partial charge in [0.2, 0.25) is 5.89 Å². The largest absolute Gasteiger partial charge is 0.415 e. The number of likely N-dealkylation sites (tertiary alicyclic amines) is 1. The average Bonchev–Trinajstić information content (AvgIpc) is 3.39. The van der Waals surface area contributed by atoms with Gasteiger partial charge in [0.1, 0.15) is 22.9 Å². The molecule has 0 bridgehead atoms. The third kappa shape index (κ3) is 4.97. The van der Waals surface area contributed by atoms with Crippen LogP contribution in [0.3, 0.4) is 0 Å². The van der Waals surface area contributed by atoms with Gasteiger partial charge in [-0.05, 0) is 58.1 Å². The summed E-state index contributed by atoms with van der Waals surface area (Å²) >= 11 is 0. The summed E-state index contributed by atoms with van der Waals surface area (Å²) in [6, 6.07) is 11.8. The molecule has 1 aliphatic rings. The van der Waals surface area contributed by atoms with Crippen LogP contribution in [0.15, 0.2) is 53.1 Å². The predicted octanol–water partition coefficient (Wildman–Crippen LogP) is 4.61. The molecule has 10 heteroatoms. The van der Waals surface area contributed by atoms with Crippen molar-refractivity contribution in [3.05, 3.63) is 71.6 Å². The van der Waals surface area contributed by atoms with Gasteiger partial charge in [0, 0.05) is 30.3 Å². The standard InChI is InChI=1S/C27H26F2N6O2/c1-16-24(26-33-32-25(37-26)17-7-5-4-6-8-17)31-22(15-30-16)18-13-20(28)23(21(29)14-18)27(36)35-11-9-19(10-12-35)34(2)3/h4-8,13-15,19H,9-12H2,1-3H3. The molecule has 190 valence electrons. The summed E-state index contributed by atoms with van der Waals surface area (Å²) < 4.78 is 36.0. The summed E-state index contributed by atoms with van der Waals surface area (Å²) in [6.07, 6.45) is 2.92. The number of benzene rings is 2. The molecule has 2 aromatic carbocycles. The monoisotopic (exact) mass is 504 g/mol. The van der Waals surface area contributed by atoms with Crippen molar-refractivity contribution < 1.29 is 18.0 Å². The van der Waals surface area contributed by atoms with Gasteiger partial charge in [0.15, 0.2) is 0 Å². The molecule has 0 atom stereocenters. The first kappa shape index (κ1) is 24.6. The molecule has 4 aromatic rings. The first-order valence-corrected chi connectivity index (χ1v) is 12.0. The van der Waals surface area contributed by atoms with E-state index in [2.05, 4.69) is 25.1 Å². The fraction of sp³-hybridized carbons (Fsp3) is 0.296. The Morgan fingerprint density at radius 3 is 2.30 bits per heavy atom. The number of aromatic nitrogens is 4. The molecular weight excluding hydrogens is 478 g/mol. The Hall–Kier alpha value is -4.05.